The van der Waals surface area contributed by atoms with Crippen molar-refractivity contribution in [1.29, 1.82) is 0 Å². The number of rotatable bonds is 7. The minimum atomic E-state index is -0.366. The zero-order valence-corrected chi connectivity index (χ0v) is 20.8. The van der Waals surface area contributed by atoms with E-state index in [1.165, 1.54) is 0 Å². The van der Waals surface area contributed by atoms with E-state index in [4.69, 9.17) is 0 Å². The van der Waals surface area contributed by atoms with E-state index in [0.717, 1.165) is 17.0 Å². The van der Waals surface area contributed by atoms with Gasteiger partial charge in [-0.1, -0.05) is 0 Å². The Balaban J connectivity index is 1.25. The smallest absolute Gasteiger partial charge is 0.270 e. The lowest BCUT2D eigenvalue weighted by molar-refractivity contribution is 0.0934. The molecule has 5 aromatic rings. The summed E-state index contributed by atoms with van der Waals surface area (Å²) < 4.78 is 1.65. The van der Waals surface area contributed by atoms with Crippen molar-refractivity contribution in [2.24, 2.45) is 0 Å². The molecule has 0 spiro atoms. The van der Waals surface area contributed by atoms with Crippen molar-refractivity contribution in [1.82, 2.24) is 50.2 Å². The summed E-state index contributed by atoms with van der Waals surface area (Å²) in [5.41, 5.74) is 4.33. The first-order valence-electron chi connectivity index (χ1n) is 11.6. The molecular weight excluding hydrogens is 470 g/mol. The predicted molar refractivity (Wildman–Crippen MR) is 136 cm³/mol. The molecule has 1 atom stereocenters. The van der Waals surface area contributed by atoms with E-state index in [9.17, 15) is 4.79 Å². The van der Waals surface area contributed by atoms with Crippen molar-refractivity contribution in [2.75, 3.05) is 5.32 Å². The molecule has 12 nitrogen and oxygen atoms in total. The Morgan fingerprint density at radius 3 is 2.49 bits per heavy atom. The molecule has 0 unspecified atom stereocenters. The zero-order valence-electron chi connectivity index (χ0n) is 20.8. The lowest BCUT2D eigenvalue weighted by Gasteiger charge is -2.13. The third-order valence-electron chi connectivity index (χ3n) is 5.47. The van der Waals surface area contributed by atoms with Crippen LogP contribution in [0.15, 0.2) is 55.2 Å². The minimum Gasteiger partial charge on any atom is -0.343 e. The fourth-order valence-electron chi connectivity index (χ4n) is 3.59. The molecule has 37 heavy (non-hydrogen) atoms. The first-order valence-corrected chi connectivity index (χ1v) is 11.6. The Morgan fingerprint density at radius 2 is 1.84 bits per heavy atom. The van der Waals surface area contributed by atoms with Gasteiger partial charge in [0, 0.05) is 41.5 Å². The Bertz CT molecular complexity index is 1540. The lowest BCUT2D eigenvalue weighted by Crippen LogP contribution is -2.28. The second kappa shape index (κ2) is 9.93. The molecule has 0 radical (unpaired) electrons. The summed E-state index contributed by atoms with van der Waals surface area (Å²) in [5, 5.41) is 17.4. The van der Waals surface area contributed by atoms with Gasteiger partial charge in [-0.15, -0.1) is 0 Å². The van der Waals surface area contributed by atoms with Gasteiger partial charge in [-0.2, -0.15) is 10.2 Å². The Kier molecular flexibility index (Phi) is 6.37. The highest BCUT2D eigenvalue weighted by molar-refractivity contribution is 5.92. The summed E-state index contributed by atoms with van der Waals surface area (Å²) in [6.07, 6.45) is 8.44. The molecule has 3 N–H and O–H groups in total. The van der Waals surface area contributed by atoms with Gasteiger partial charge in [-0.25, -0.2) is 19.6 Å². The molecule has 186 valence electrons. The van der Waals surface area contributed by atoms with Crippen LogP contribution in [0.1, 0.15) is 46.1 Å². The van der Waals surface area contributed by atoms with Gasteiger partial charge in [0.25, 0.3) is 5.91 Å². The number of hydrogen-bond acceptors (Lipinski definition) is 9. The van der Waals surface area contributed by atoms with Gasteiger partial charge in [-0.05, 0) is 45.4 Å². The van der Waals surface area contributed by atoms with Crippen LogP contribution in [0.3, 0.4) is 0 Å². The van der Waals surface area contributed by atoms with Crippen LogP contribution in [0, 0.1) is 20.8 Å². The van der Waals surface area contributed by atoms with Crippen molar-refractivity contribution in [2.45, 2.75) is 33.7 Å². The number of nitrogens with one attached hydrogen (secondary N) is 3. The van der Waals surface area contributed by atoms with Crippen LogP contribution in [0.5, 0.6) is 0 Å². The summed E-state index contributed by atoms with van der Waals surface area (Å²) in [4.78, 5) is 35.0. The second-order valence-electron chi connectivity index (χ2n) is 8.67. The molecule has 12 heteroatoms. The van der Waals surface area contributed by atoms with Crippen molar-refractivity contribution < 1.29 is 4.79 Å². The molecule has 1 amide bonds. The number of nitrogens with zero attached hydrogens (tertiary/aromatic N) is 8. The van der Waals surface area contributed by atoms with E-state index >= 15 is 0 Å². The van der Waals surface area contributed by atoms with Crippen molar-refractivity contribution >= 4 is 17.5 Å². The van der Waals surface area contributed by atoms with Gasteiger partial charge in [-0.3, -0.25) is 19.9 Å². The summed E-state index contributed by atoms with van der Waals surface area (Å²) in [6.45, 7) is 7.60. The van der Waals surface area contributed by atoms with Crippen LogP contribution in [0.25, 0.3) is 17.2 Å². The van der Waals surface area contributed by atoms with Gasteiger partial charge in [0.1, 0.15) is 11.5 Å². The summed E-state index contributed by atoms with van der Waals surface area (Å²) >= 11 is 0. The fraction of sp³-hybridized carbons (Fsp3) is 0.200. The quantitative estimate of drug-likeness (QED) is 0.308. The number of hydrogen-bond donors (Lipinski definition) is 3. The SMILES string of the molecule is Cc1cnn(-c2cnc([C@H](C)NC(=O)c3ccc(-c4nc(C)cc(Nc5cc(C)[nH]n5)n4)cn3)cn2)c1. The molecule has 5 aromatic heterocycles. The maximum Gasteiger partial charge on any atom is 0.270 e. The van der Waals surface area contributed by atoms with E-state index < -0.39 is 0 Å². The number of carbonyl (C=O) groups excluding carboxylic acids is 1. The van der Waals surface area contributed by atoms with Crippen molar-refractivity contribution in [3.8, 4) is 17.2 Å². The molecule has 0 fully saturated rings. The zero-order chi connectivity index (χ0) is 25.9. The molecule has 0 bridgehead atoms. The third kappa shape index (κ3) is 5.48. The highest BCUT2D eigenvalue weighted by Gasteiger charge is 2.15. The van der Waals surface area contributed by atoms with Crippen LogP contribution < -0.4 is 10.6 Å². The predicted octanol–water partition coefficient (Wildman–Crippen LogP) is 3.40. The Hall–Kier alpha value is -5.00. The summed E-state index contributed by atoms with van der Waals surface area (Å²) in [6, 6.07) is 6.75. The maximum atomic E-state index is 12.8. The number of aromatic nitrogens is 9. The van der Waals surface area contributed by atoms with Crippen LogP contribution >= 0.6 is 0 Å². The van der Waals surface area contributed by atoms with E-state index in [2.05, 4.69) is 50.8 Å². The third-order valence-corrected chi connectivity index (χ3v) is 5.47. The largest absolute Gasteiger partial charge is 0.343 e. The molecule has 0 aliphatic heterocycles. The molecule has 5 rings (SSSR count). The minimum absolute atomic E-state index is 0.269. The standard InChI is InChI=1S/C25H25N11O/c1-14-9-29-36(13-14)23-12-27-20(11-28-23)17(4)31-25(37)19-6-5-18(10-26-19)24-30-15(2)7-21(33-24)32-22-8-16(3)34-35-22/h5-13,17H,1-4H3,(H,31,37)(H2,30,32,33,34,35)/t17-/m0/s1. The average molecular weight is 496 g/mol. The number of pyridine rings is 1. The second-order valence-corrected chi connectivity index (χ2v) is 8.67. The van der Waals surface area contributed by atoms with Crippen molar-refractivity contribution in [3.05, 3.63) is 83.6 Å². The van der Waals surface area contributed by atoms with Crippen LogP contribution in [0.2, 0.25) is 0 Å². The number of H-pyrrole nitrogens is 1. The van der Waals surface area contributed by atoms with Gasteiger partial charge < -0.3 is 10.6 Å². The van der Waals surface area contributed by atoms with Crippen LogP contribution in [-0.2, 0) is 0 Å². The van der Waals surface area contributed by atoms with Gasteiger partial charge >= 0.3 is 0 Å². The number of anilines is 2. The van der Waals surface area contributed by atoms with E-state index in [1.54, 1.807) is 41.6 Å². The monoisotopic (exact) mass is 495 g/mol. The Morgan fingerprint density at radius 1 is 0.973 bits per heavy atom. The van der Waals surface area contributed by atoms with Crippen molar-refractivity contribution in [3.63, 3.8) is 0 Å². The number of amides is 1. The first-order chi connectivity index (χ1) is 17.8. The molecule has 0 saturated heterocycles. The molecule has 0 aromatic carbocycles. The highest BCUT2D eigenvalue weighted by Crippen LogP contribution is 2.20. The van der Waals surface area contributed by atoms with Gasteiger partial charge in [0.15, 0.2) is 17.5 Å². The highest BCUT2D eigenvalue weighted by atomic mass is 16.1. The number of aromatic amines is 1. The van der Waals surface area contributed by atoms with E-state index in [1.807, 2.05) is 46.0 Å². The molecular formula is C25H25N11O. The molecule has 0 aliphatic carbocycles. The molecule has 0 saturated carbocycles. The molecule has 0 aliphatic rings. The lowest BCUT2D eigenvalue weighted by atomic mass is 10.2. The normalized spacial score (nSPS) is 11.8. The van der Waals surface area contributed by atoms with E-state index in [0.29, 0.717) is 34.5 Å². The fourth-order valence-corrected chi connectivity index (χ4v) is 3.59. The van der Waals surface area contributed by atoms with Gasteiger partial charge in [0.2, 0.25) is 0 Å². The van der Waals surface area contributed by atoms with E-state index in [-0.39, 0.29) is 17.6 Å². The topological polar surface area (TPSA) is 152 Å². The van der Waals surface area contributed by atoms with Gasteiger partial charge in [0.05, 0.1) is 30.3 Å². The summed E-state index contributed by atoms with van der Waals surface area (Å²) in [5.74, 6) is 2.04. The average Bonchev–Trinajstić information content (AvgIpc) is 3.51. The van der Waals surface area contributed by atoms with Crippen LogP contribution in [-0.4, -0.2) is 50.8 Å². The number of carbonyl (C=O) groups is 1. The maximum absolute atomic E-state index is 12.8. The molecule has 5 heterocycles. The Labute approximate surface area is 212 Å². The first kappa shape index (κ1) is 23.7. The summed E-state index contributed by atoms with van der Waals surface area (Å²) in [7, 11) is 0. The van der Waals surface area contributed by atoms with Crippen LogP contribution in [0.4, 0.5) is 11.6 Å². The number of aryl methyl sites for hydroxylation is 3.